The molecular formula is C70H51N. The molecule has 11 aromatic rings. The van der Waals surface area contributed by atoms with Crippen molar-refractivity contribution in [2.24, 2.45) is 0 Å². The van der Waals surface area contributed by atoms with Crippen molar-refractivity contribution in [1.29, 1.82) is 0 Å². The van der Waals surface area contributed by atoms with Crippen LogP contribution in [0.2, 0.25) is 0 Å². The molecule has 0 atom stereocenters. The van der Waals surface area contributed by atoms with Gasteiger partial charge >= 0.3 is 0 Å². The number of hydrogen-bond donors (Lipinski definition) is 0. The molecule has 0 spiro atoms. The highest BCUT2D eigenvalue weighted by atomic mass is 15.1. The van der Waals surface area contributed by atoms with Gasteiger partial charge in [-0.3, -0.25) is 0 Å². The fourth-order valence-corrected chi connectivity index (χ4v) is 12.2. The Labute approximate surface area is 417 Å². The smallest absolute Gasteiger partial charge is 0.0713 e. The van der Waals surface area contributed by atoms with Gasteiger partial charge in [0.15, 0.2) is 0 Å². The predicted molar refractivity (Wildman–Crippen MR) is 298 cm³/mol. The Hall–Kier alpha value is -8.78. The number of fused-ring (bicyclic) bond motifs is 6. The number of rotatable bonds is 9. The van der Waals surface area contributed by atoms with E-state index in [0.717, 1.165) is 22.6 Å². The zero-order valence-electron chi connectivity index (χ0n) is 39.9. The molecule has 0 unspecified atom stereocenters. The molecule has 0 saturated carbocycles. The Morgan fingerprint density at radius 3 is 1.37 bits per heavy atom. The second-order valence-electron chi connectivity index (χ2n) is 19.5. The fraction of sp³-hybridized carbons (Fsp3) is 0.0571. The van der Waals surface area contributed by atoms with Gasteiger partial charge in [-0.1, -0.05) is 257 Å². The Morgan fingerprint density at radius 2 is 0.704 bits per heavy atom. The third kappa shape index (κ3) is 6.68. The van der Waals surface area contributed by atoms with E-state index in [0.29, 0.717) is 0 Å². The van der Waals surface area contributed by atoms with Crippen LogP contribution < -0.4 is 4.90 Å². The monoisotopic (exact) mass is 905 g/mol. The van der Waals surface area contributed by atoms with Gasteiger partial charge in [0.05, 0.1) is 16.8 Å². The van der Waals surface area contributed by atoms with E-state index in [1.54, 1.807) is 0 Å². The number of benzene rings is 11. The topological polar surface area (TPSA) is 3.24 Å². The summed E-state index contributed by atoms with van der Waals surface area (Å²) in [7, 11) is 0. The first kappa shape index (κ1) is 42.3. The lowest BCUT2D eigenvalue weighted by atomic mass is 9.68. The lowest BCUT2D eigenvalue weighted by Gasteiger charge is -2.34. The SMILES string of the molecule is CC1(C)c2ccccc2-c2cc(-c3ccccc3N(c3ccc4c(c3)-c3ccccc3C4(c3ccccc3)c3ccccc3)c3cccc(-c4ccccc4)c3-c3ccccc3-c3ccccc3)ccc21. The van der Waals surface area contributed by atoms with Crippen molar-refractivity contribution in [2.75, 3.05) is 4.90 Å². The van der Waals surface area contributed by atoms with Crippen molar-refractivity contribution in [3.8, 4) is 66.8 Å². The second-order valence-corrected chi connectivity index (χ2v) is 19.5. The zero-order valence-corrected chi connectivity index (χ0v) is 39.9. The molecule has 0 aliphatic heterocycles. The van der Waals surface area contributed by atoms with E-state index in [2.05, 4.69) is 292 Å². The van der Waals surface area contributed by atoms with Crippen LogP contribution in [0, 0.1) is 0 Å². The highest BCUT2D eigenvalue weighted by molar-refractivity contribution is 6.03. The maximum atomic E-state index is 2.55. The molecule has 0 saturated heterocycles. The van der Waals surface area contributed by atoms with Gasteiger partial charge in [0.25, 0.3) is 0 Å². The van der Waals surface area contributed by atoms with Crippen molar-refractivity contribution < 1.29 is 0 Å². The van der Waals surface area contributed by atoms with Gasteiger partial charge in [-0.25, -0.2) is 0 Å². The van der Waals surface area contributed by atoms with E-state index < -0.39 is 5.41 Å². The van der Waals surface area contributed by atoms with Gasteiger partial charge in [-0.15, -0.1) is 0 Å². The van der Waals surface area contributed by atoms with Crippen LogP contribution in [0.3, 0.4) is 0 Å². The van der Waals surface area contributed by atoms with E-state index in [4.69, 9.17) is 0 Å². The molecule has 0 bridgehead atoms. The summed E-state index contributed by atoms with van der Waals surface area (Å²) in [6.45, 7) is 4.72. The van der Waals surface area contributed by atoms with Crippen LogP contribution in [0.15, 0.2) is 273 Å². The number of nitrogens with zero attached hydrogens (tertiary/aromatic N) is 1. The van der Waals surface area contributed by atoms with Crippen LogP contribution in [-0.4, -0.2) is 0 Å². The molecule has 13 rings (SSSR count). The van der Waals surface area contributed by atoms with E-state index in [1.807, 2.05) is 0 Å². The number of hydrogen-bond acceptors (Lipinski definition) is 1. The van der Waals surface area contributed by atoms with Gasteiger partial charge in [-0.2, -0.15) is 0 Å². The summed E-state index contributed by atoms with van der Waals surface area (Å²) in [6, 6.07) is 101. The predicted octanol–water partition coefficient (Wildman–Crippen LogP) is 18.5. The van der Waals surface area contributed by atoms with Crippen LogP contribution in [0.5, 0.6) is 0 Å². The van der Waals surface area contributed by atoms with Gasteiger partial charge in [-0.05, 0) is 119 Å². The second kappa shape index (κ2) is 17.0. The normalized spacial score (nSPS) is 13.4. The van der Waals surface area contributed by atoms with E-state index in [9.17, 15) is 0 Å². The molecule has 2 aliphatic rings. The lowest BCUT2D eigenvalue weighted by molar-refractivity contribution is 0.660. The molecule has 0 amide bonds. The van der Waals surface area contributed by atoms with Crippen molar-refractivity contribution in [1.82, 2.24) is 0 Å². The first-order valence-electron chi connectivity index (χ1n) is 24.8. The van der Waals surface area contributed by atoms with Crippen LogP contribution in [0.1, 0.15) is 47.2 Å². The molecule has 1 heteroatoms. The molecule has 0 heterocycles. The summed E-state index contributed by atoms with van der Waals surface area (Å²) in [5.41, 5.74) is 25.0. The molecule has 0 fully saturated rings. The molecule has 11 aromatic carbocycles. The van der Waals surface area contributed by atoms with Gasteiger partial charge in [0.2, 0.25) is 0 Å². The third-order valence-corrected chi connectivity index (χ3v) is 15.4. The first-order chi connectivity index (χ1) is 35.0. The molecular weight excluding hydrogens is 855 g/mol. The summed E-state index contributed by atoms with van der Waals surface area (Å²) in [6.07, 6.45) is 0. The Morgan fingerprint density at radius 1 is 0.268 bits per heavy atom. The Balaban J connectivity index is 1.12. The summed E-state index contributed by atoms with van der Waals surface area (Å²) in [4.78, 5) is 2.55. The molecule has 1 nitrogen and oxygen atoms in total. The van der Waals surface area contributed by atoms with E-state index in [1.165, 1.54) is 94.6 Å². The molecule has 71 heavy (non-hydrogen) atoms. The van der Waals surface area contributed by atoms with Crippen molar-refractivity contribution in [3.63, 3.8) is 0 Å². The highest BCUT2D eigenvalue weighted by Gasteiger charge is 2.46. The van der Waals surface area contributed by atoms with Gasteiger partial charge < -0.3 is 4.90 Å². The first-order valence-corrected chi connectivity index (χ1v) is 24.8. The zero-order chi connectivity index (χ0) is 47.5. The minimum Gasteiger partial charge on any atom is -0.309 e. The van der Waals surface area contributed by atoms with E-state index >= 15 is 0 Å². The minimum absolute atomic E-state index is 0.0929. The fourth-order valence-electron chi connectivity index (χ4n) is 12.2. The van der Waals surface area contributed by atoms with Crippen molar-refractivity contribution in [3.05, 3.63) is 306 Å². The summed E-state index contributed by atoms with van der Waals surface area (Å²) < 4.78 is 0. The maximum absolute atomic E-state index is 2.55. The largest absolute Gasteiger partial charge is 0.309 e. The summed E-state index contributed by atoms with van der Waals surface area (Å²) in [5.74, 6) is 0. The third-order valence-electron chi connectivity index (χ3n) is 15.4. The average molecular weight is 906 g/mol. The Kier molecular flexibility index (Phi) is 10.1. The highest BCUT2D eigenvalue weighted by Crippen LogP contribution is 2.58. The molecule has 0 aromatic heterocycles. The minimum atomic E-state index is -0.517. The molecule has 2 aliphatic carbocycles. The van der Waals surface area contributed by atoms with Gasteiger partial charge in [0, 0.05) is 22.2 Å². The molecule has 336 valence electrons. The molecule has 0 radical (unpaired) electrons. The van der Waals surface area contributed by atoms with E-state index in [-0.39, 0.29) is 5.41 Å². The lowest BCUT2D eigenvalue weighted by Crippen LogP contribution is -2.28. The van der Waals surface area contributed by atoms with Crippen LogP contribution in [-0.2, 0) is 10.8 Å². The maximum Gasteiger partial charge on any atom is 0.0713 e. The Bertz CT molecular complexity index is 3740. The van der Waals surface area contributed by atoms with Crippen molar-refractivity contribution >= 4 is 17.1 Å². The number of para-hydroxylation sites is 1. The van der Waals surface area contributed by atoms with Crippen LogP contribution >= 0.6 is 0 Å². The summed E-state index contributed by atoms with van der Waals surface area (Å²) >= 11 is 0. The van der Waals surface area contributed by atoms with Crippen LogP contribution in [0.4, 0.5) is 17.1 Å². The average Bonchev–Trinajstić information content (AvgIpc) is 3.86. The van der Waals surface area contributed by atoms with Gasteiger partial charge in [0.1, 0.15) is 0 Å². The van der Waals surface area contributed by atoms with Crippen LogP contribution in [0.25, 0.3) is 66.8 Å². The number of anilines is 3. The quantitative estimate of drug-likeness (QED) is 0.139. The standard InChI is InChI=1S/C70H51N/c1-69(2)62-38-20-17-34-57(62)60-46-50(42-44-63(60)69)55-33-19-22-40-66(55)71(67-41-23-37-56(49-26-9-4-10-27-49)68(67)59-36-16-15-32-54(59)48-24-7-3-8-25-48)53-43-45-65-61(47-53)58-35-18-21-39-64(58)70(65,51-28-11-5-12-29-51)52-30-13-6-14-31-52/h3-47H,1-2H3. The summed E-state index contributed by atoms with van der Waals surface area (Å²) in [5, 5.41) is 0. The molecule has 0 N–H and O–H groups in total. The van der Waals surface area contributed by atoms with Crippen molar-refractivity contribution in [2.45, 2.75) is 24.7 Å².